The van der Waals surface area contributed by atoms with Gasteiger partial charge < -0.3 is 14.5 Å². The summed E-state index contributed by atoms with van der Waals surface area (Å²) < 4.78 is 34.9. The van der Waals surface area contributed by atoms with E-state index in [0.717, 1.165) is 97.8 Å². The second-order valence-electron chi connectivity index (χ2n) is 20.8. The van der Waals surface area contributed by atoms with Crippen molar-refractivity contribution in [2.75, 3.05) is 23.0 Å². The molecule has 5 nitrogen and oxygen atoms in total. The van der Waals surface area contributed by atoms with Crippen molar-refractivity contribution in [2.45, 2.75) is 72.8 Å². The Morgan fingerprint density at radius 1 is 0.625 bits per heavy atom. The minimum absolute atomic E-state index is 0.102. The molecular weight excluding hydrogens is 877 g/mol. The molecule has 5 heteroatoms. The van der Waals surface area contributed by atoms with Crippen molar-refractivity contribution >= 4 is 38.9 Å². The van der Waals surface area contributed by atoms with Gasteiger partial charge in [-0.05, 0) is 148 Å². The first-order valence-corrected chi connectivity index (χ1v) is 25.5. The van der Waals surface area contributed by atoms with E-state index < -0.39 is 6.85 Å². The van der Waals surface area contributed by atoms with Crippen LogP contribution in [0.25, 0.3) is 61.0 Å². The summed E-state index contributed by atoms with van der Waals surface area (Å²) in [6.45, 7) is 10.8. The Kier molecular flexibility index (Phi) is 11.8. The van der Waals surface area contributed by atoms with E-state index in [2.05, 4.69) is 225 Å². The first-order chi connectivity index (χ1) is 36.3. The number of rotatable bonds is 14. The Hall–Kier alpha value is -7.89. The highest BCUT2D eigenvalue weighted by Gasteiger charge is 2.27. The Bertz CT molecular complexity index is 3670. The highest BCUT2D eigenvalue weighted by molar-refractivity contribution is 6.09. The molecule has 358 valence electrons. The zero-order chi connectivity index (χ0) is 51.8. The average molecular weight is 944 g/mol. The summed E-state index contributed by atoms with van der Waals surface area (Å²) in [5, 5.41) is 2.33. The third-order valence-corrected chi connectivity index (χ3v) is 14.3. The van der Waals surface area contributed by atoms with E-state index in [-0.39, 0.29) is 5.41 Å². The van der Waals surface area contributed by atoms with E-state index in [4.69, 9.17) is 13.8 Å². The number of aromatic nitrogens is 2. The SMILES string of the molecule is [2H]C([2H])([2H])c1cccc(-c2cc(-c3ccccc3)cc(C(C)(C)C)c2)c1CCCN1CN(c2cccc(COc3ccc4c5ccccc5n(-c5cc(CC(C)C)c(-c6ccccc6)cn5)c4c3)c2)c2ccccc21. The maximum atomic E-state index is 8.66. The van der Waals surface area contributed by atoms with Crippen LogP contribution in [0.3, 0.4) is 0 Å². The lowest BCUT2D eigenvalue weighted by atomic mass is 9.82. The average Bonchev–Trinajstić information content (AvgIpc) is 3.96. The van der Waals surface area contributed by atoms with Gasteiger partial charge in [-0.1, -0.05) is 168 Å². The number of nitrogens with zero attached hydrogens (tertiary/aromatic N) is 4. The zero-order valence-corrected chi connectivity index (χ0v) is 42.1. The van der Waals surface area contributed by atoms with Gasteiger partial charge >= 0.3 is 0 Å². The van der Waals surface area contributed by atoms with Crippen molar-refractivity contribution in [3.63, 3.8) is 0 Å². The summed E-state index contributed by atoms with van der Waals surface area (Å²) in [4.78, 5) is 9.93. The zero-order valence-electron chi connectivity index (χ0n) is 45.1. The predicted octanol–water partition coefficient (Wildman–Crippen LogP) is 17.1. The fourth-order valence-electron chi connectivity index (χ4n) is 10.6. The van der Waals surface area contributed by atoms with E-state index in [1.54, 1.807) is 6.07 Å². The maximum Gasteiger partial charge on any atom is 0.137 e. The molecular formula is C67H64N4O. The van der Waals surface area contributed by atoms with Crippen LogP contribution in [0.4, 0.5) is 17.1 Å². The Morgan fingerprint density at radius 3 is 2.14 bits per heavy atom. The van der Waals surface area contributed by atoms with Gasteiger partial charge in [0.25, 0.3) is 0 Å². The molecule has 0 unspecified atom stereocenters. The molecule has 0 spiro atoms. The molecule has 0 fully saturated rings. The van der Waals surface area contributed by atoms with Gasteiger partial charge in [-0.3, -0.25) is 4.57 Å². The molecule has 8 aromatic carbocycles. The van der Waals surface area contributed by atoms with Crippen molar-refractivity contribution in [1.29, 1.82) is 0 Å². The molecule has 0 saturated carbocycles. The van der Waals surface area contributed by atoms with Gasteiger partial charge in [0.1, 0.15) is 18.2 Å². The maximum absolute atomic E-state index is 8.66. The lowest BCUT2D eigenvalue weighted by molar-refractivity contribution is 0.306. The number of hydrogen-bond acceptors (Lipinski definition) is 4. The van der Waals surface area contributed by atoms with E-state index >= 15 is 0 Å². The number of aryl methyl sites for hydroxylation is 1. The highest BCUT2D eigenvalue weighted by atomic mass is 16.5. The normalized spacial score (nSPS) is 13.4. The summed E-state index contributed by atoms with van der Waals surface area (Å²) in [6, 6.07) is 68.1. The standard InChI is InChI=1S/C67H64N4O/c1-46(2)36-52-41-66(68-43-61(52)50-24-11-8-12-25-50)71-62-30-14-13-27-59(62)60-34-33-56(42-65(60)71)72-44-48-21-18-26-55(37-48)70-45-69(63-31-15-16-32-64(63)70)35-19-29-57-47(3)20-17-28-58(57)53-38-51(49-22-9-7-10-23-49)39-54(40-53)67(4,5)6/h7-18,20-28,30-34,37-43,46H,19,29,35-36,44-45H2,1-6H3/i3D3. The lowest BCUT2D eigenvalue weighted by Gasteiger charge is -2.24. The van der Waals surface area contributed by atoms with Crippen molar-refractivity contribution in [2.24, 2.45) is 5.92 Å². The first-order valence-electron chi connectivity index (χ1n) is 27.0. The minimum atomic E-state index is -2.25. The molecule has 0 radical (unpaired) electrons. The van der Waals surface area contributed by atoms with Gasteiger partial charge in [-0.15, -0.1) is 0 Å². The molecule has 0 saturated heterocycles. The van der Waals surface area contributed by atoms with Crippen LogP contribution in [0.2, 0.25) is 0 Å². The van der Waals surface area contributed by atoms with Crippen LogP contribution in [-0.2, 0) is 24.9 Å². The van der Waals surface area contributed by atoms with Crippen LogP contribution >= 0.6 is 0 Å². The molecule has 0 bridgehead atoms. The van der Waals surface area contributed by atoms with E-state index in [9.17, 15) is 0 Å². The highest BCUT2D eigenvalue weighted by Crippen LogP contribution is 2.42. The van der Waals surface area contributed by atoms with E-state index in [1.807, 2.05) is 18.3 Å². The summed E-state index contributed by atoms with van der Waals surface area (Å²) in [5.41, 5.74) is 17.0. The summed E-state index contributed by atoms with van der Waals surface area (Å²) in [5.74, 6) is 2.17. The number of pyridine rings is 1. The lowest BCUT2D eigenvalue weighted by Crippen LogP contribution is -2.29. The minimum Gasteiger partial charge on any atom is -0.489 e. The van der Waals surface area contributed by atoms with E-state index in [0.29, 0.717) is 31.2 Å². The van der Waals surface area contributed by atoms with Gasteiger partial charge in [0.2, 0.25) is 0 Å². The molecule has 0 amide bonds. The Labute approximate surface area is 430 Å². The number of hydrogen-bond donors (Lipinski definition) is 0. The molecule has 3 heterocycles. The van der Waals surface area contributed by atoms with Gasteiger partial charge in [0, 0.05) is 44.9 Å². The summed E-state index contributed by atoms with van der Waals surface area (Å²) in [7, 11) is 0. The summed E-state index contributed by atoms with van der Waals surface area (Å²) >= 11 is 0. The van der Waals surface area contributed by atoms with Crippen LogP contribution in [-0.4, -0.2) is 22.8 Å². The number of ether oxygens (including phenoxy) is 1. The fourth-order valence-corrected chi connectivity index (χ4v) is 10.6. The van der Waals surface area contributed by atoms with Crippen molar-refractivity contribution in [3.05, 3.63) is 228 Å². The second kappa shape index (κ2) is 19.7. The topological polar surface area (TPSA) is 33.5 Å². The number of benzene rings is 8. The molecule has 0 atom stereocenters. The smallest absolute Gasteiger partial charge is 0.137 e. The molecule has 0 aliphatic carbocycles. The quantitative estimate of drug-likeness (QED) is 0.109. The molecule has 11 rings (SSSR count). The molecule has 2 aromatic heterocycles. The van der Waals surface area contributed by atoms with Crippen LogP contribution in [0.1, 0.15) is 73.0 Å². The number of fused-ring (bicyclic) bond motifs is 4. The molecule has 1 aliphatic heterocycles. The monoisotopic (exact) mass is 944 g/mol. The fraction of sp³-hybridized carbons (Fsp3) is 0.209. The Balaban J connectivity index is 0.838. The van der Waals surface area contributed by atoms with Crippen LogP contribution in [0.15, 0.2) is 200 Å². The van der Waals surface area contributed by atoms with Crippen molar-refractivity contribution < 1.29 is 8.85 Å². The molecule has 0 N–H and O–H groups in total. The predicted molar refractivity (Wildman–Crippen MR) is 303 cm³/mol. The largest absolute Gasteiger partial charge is 0.489 e. The van der Waals surface area contributed by atoms with Crippen molar-refractivity contribution in [1.82, 2.24) is 9.55 Å². The van der Waals surface area contributed by atoms with Crippen LogP contribution in [0.5, 0.6) is 5.75 Å². The summed E-state index contributed by atoms with van der Waals surface area (Å²) in [6.07, 6.45) is 4.39. The van der Waals surface area contributed by atoms with Gasteiger partial charge in [0.15, 0.2) is 0 Å². The first kappa shape index (κ1) is 42.9. The molecule has 1 aliphatic rings. The van der Waals surface area contributed by atoms with Crippen LogP contribution in [0, 0.1) is 12.8 Å². The van der Waals surface area contributed by atoms with Gasteiger partial charge in [-0.25, -0.2) is 4.98 Å². The van der Waals surface area contributed by atoms with Gasteiger partial charge in [-0.2, -0.15) is 0 Å². The Morgan fingerprint density at radius 2 is 1.35 bits per heavy atom. The second-order valence-corrected chi connectivity index (χ2v) is 20.8. The van der Waals surface area contributed by atoms with E-state index in [1.165, 1.54) is 27.6 Å². The number of anilines is 3. The third-order valence-electron chi connectivity index (χ3n) is 14.3. The number of para-hydroxylation sites is 3. The third kappa shape index (κ3) is 9.40. The van der Waals surface area contributed by atoms with Gasteiger partial charge in [0.05, 0.1) is 29.1 Å². The molecule has 10 aromatic rings. The van der Waals surface area contributed by atoms with Crippen LogP contribution < -0.4 is 14.5 Å². The van der Waals surface area contributed by atoms with Crippen molar-refractivity contribution in [3.8, 4) is 44.9 Å². The molecule has 72 heavy (non-hydrogen) atoms.